The van der Waals surface area contributed by atoms with Gasteiger partial charge in [0.25, 0.3) is 5.91 Å². The molecule has 0 aliphatic carbocycles. The summed E-state index contributed by atoms with van der Waals surface area (Å²) in [5.41, 5.74) is 8.14. The van der Waals surface area contributed by atoms with Crippen molar-refractivity contribution in [3.8, 4) is 17.0 Å². The zero-order valence-corrected chi connectivity index (χ0v) is 13.5. The van der Waals surface area contributed by atoms with Gasteiger partial charge < -0.3 is 15.6 Å². The number of hydrogen-bond donors (Lipinski definition) is 2. The molecular weight excluding hydrogens is 320 g/mol. The Labute approximate surface area is 143 Å². The molecule has 0 saturated carbocycles. The van der Waals surface area contributed by atoms with Crippen LogP contribution < -0.4 is 10.5 Å². The largest absolute Gasteiger partial charge is 0.484 e. The Morgan fingerprint density at radius 2 is 1.84 bits per heavy atom. The summed E-state index contributed by atoms with van der Waals surface area (Å²) < 4.78 is 5.21. The number of hydrogen-bond acceptors (Lipinski definition) is 4. The van der Waals surface area contributed by atoms with E-state index in [1.54, 1.807) is 30.3 Å². The van der Waals surface area contributed by atoms with Crippen LogP contribution >= 0.6 is 0 Å². The number of carbonyl (C=O) groups is 2. The molecule has 1 aromatic heterocycles. The molecule has 1 amide bonds. The number of aromatic nitrogens is 1. The number of rotatable bonds is 5. The molecule has 0 fully saturated rings. The van der Waals surface area contributed by atoms with Gasteiger partial charge in [0.2, 0.25) is 0 Å². The van der Waals surface area contributed by atoms with E-state index in [0.29, 0.717) is 22.3 Å². The van der Waals surface area contributed by atoms with Crippen LogP contribution in [0, 0.1) is 6.92 Å². The van der Waals surface area contributed by atoms with Gasteiger partial charge in [0.05, 0.1) is 16.8 Å². The third kappa shape index (κ3) is 3.58. The quantitative estimate of drug-likeness (QED) is 0.746. The number of nitrogens with zero attached hydrogens (tertiary/aromatic N) is 1. The van der Waals surface area contributed by atoms with Gasteiger partial charge in [-0.3, -0.25) is 4.79 Å². The van der Waals surface area contributed by atoms with Crippen LogP contribution in [-0.4, -0.2) is 28.6 Å². The number of nitrogens with two attached hydrogens (primary N) is 1. The average molecular weight is 336 g/mol. The molecule has 25 heavy (non-hydrogen) atoms. The fourth-order valence-corrected chi connectivity index (χ4v) is 2.54. The van der Waals surface area contributed by atoms with Gasteiger partial charge in [0.1, 0.15) is 5.75 Å². The fraction of sp³-hybridized carbons (Fsp3) is 0.105. The summed E-state index contributed by atoms with van der Waals surface area (Å²) in [4.78, 5) is 26.9. The Bertz CT molecular complexity index is 965. The van der Waals surface area contributed by atoms with Crippen LogP contribution in [0.3, 0.4) is 0 Å². The molecule has 0 spiro atoms. The van der Waals surface area contributed by atoms with Crippen molar-refractivity contribution >= 4 is 22.8 Å². The second-order valence-electron chi connectivity index (χ2n) is 5.66. The molecule has 0 unspecified atom stereocenters. The van der Waals surface area contributed by atoms with Crippen LogP contribution in [0.4, 0.5) is 0 Å². The van der Waals surface area contributed by atoms with E-state index in [4.69, 9.17) is 10.5 Å². The number of ether oxygens (including phenoxy) is 1. The summed E-state index contributed by atoms with van der Waals surface area (Å²) in [6, 6.07) is 13.9. The summed E-state index contributed by atoms with van der Waals surface area (Å²) in [6.07, 6.45) is 0. The first-order chi connectivity index (χ1) is 11.9. The normalized spacial score (nSPS) is 10.6. The summed E-state index contributed by atoms with van der Waals surface area (Å²) in [6.45, 7) is 1.71. The lowest BCUT2D eigenvalue weighted by Gasteiger charge is -2.09. The number of primary amides is 1. The van der Waals surface area contributed by atoms with Gasteiger partial charge in [-0.2, -0.15) is 0 Å². The van der Waals surface area contributed by atoms with Crippen molar-refractivity contribution in [1.29, 1.82) is 0 Å². The minimum Gasteiger partial charge on any atom is -0.484 e. The van der Waals surface area contributed by atoms with E-state index in [9.17, 15) is 14.7 Å². The van der Waals surface area contributed by atoms with Gasteiger partial charge in [-0.05, 0) is 49.4 Å². The SMILES string of the molecule is Cc1ccc2nc(-c3ccc(OCC(N)=O)cc3)cc(C(=O)O)c2c1. The molecule has 0 bridgehead atoms. The number of carbonyl (C=O) groups excluding carboxylic acids is 1. The summed E-state index contributed by atoms with van der Waals surface area (Å²) in [7, 11) is 0. The van der Waals surface area contributed by atoms with E-state index in [0.717, 1.165) is 11.1 Å². The Morgan fingerprint density at radius 3 is 2.48 bits per heavy atom. The number of amides is 1. The Kier molecular flexibility index (Phi) is 4.35. The molecule has 0 aliphatic heterocycles. The number of aromatic carboxylic acids is 1. The highest BCUT2D eigenvalue weighted by Crippen LogP contribution is 2.27. The van der Waals surface area contributed by atoms with Crippen molar-refractivity contribution in [2.24, 2.45) is 5.73 Å². The predicted octanol–water partition coefficient (Wildman–Crippen LogP) is 2.77. The van der Waals surface area contributed by atoms with Crippen molar-refractivity contribution < 1.29 is 19.4 Å². The zero-order valence-electron chi connectivity index (χ0n) is 13.5. The van der Waals surface area contributed by atoms with Crippen LogP contribution in [0.2, 0.25) is 0 Å². The minimum absolute atomic E-state index is 0.198. The summed E-state index contributed by atoms with van der Waals surface area (Å²) in [5.74, 6) is -1.06. The van der Waals surface area contributed by atoms with Crippen molar-refractivity contribution in [1.82, 2.24) is 4.98 Å². The number of benzene rings is 2. The molecule has 2 aromatic carbocycles. The second-order valence-corrected chi connectivity index (χ2v) is 5.66. The van der Waals surface area contributed by atoms with Gasteiger partial charge in [0, 0.05) is 10.9 Å². The average Bonchev–Trinajstić information content (AvgIpc) is 2.59. The number of pyridine rings is 1. The maximum absolute atomic E-state index is 11.6. The lowest BCUT2D eigenvalue weighted by molar-refractivity contribution is -0.119. The molecule has 1 heterocycles. The number of carboxylic acids is 1. The summed E-state index contributed by atoms with van der Waals surface area (Å²) >= 11 is 0. The molecule has 3 rings (SSSR count). The molecular formula is C19H16N2O4. The molecule has 0 saturated heterocycles. The molecule has 3 N–H and O–H groups in total. The van der Waals surface area contributed by atoms with E-state index >= 15 is 0 Å². The molecule has 0 atom stereocenters. The topological polar surface area (TPSA) is 103 Å². The molecule has 0 aliphatic rings. The first-order valence-electron chi connectivity index (χ1n) is 7.60. The van der Waals surface area contributed by atoms with E-state index < -0.39 is 11.9 Å². The maximum Gasteiger partial charge on any atom is 0.336 e. The van der Waals surface area contributed by atoms with Crippen molar-refractivity contribution in [3.05, 3.63) is 59.7 Å². The smallest absolute Gasteiger partial charge is 0.336 e. The van der Waals surface area contributed by atoms with E-state index in [-0.39, 0.29) is 12.2 Å². The maximum atomic E-state index is 11.6. The Balaban J connectivity index is 2.02. The highest BCUT2D eigenvalue weighted by atomic mass is 16.5. The third-order valence-corrected chi connectivity index (χ3v) is 3.73. The van der Waals surface area contributed by atoms with E-state index in [1.807, 2.05) is 25.1 Å². The highest BCUT2D eigenvalue weighted by molar-refractivity contribution is 6.04. The monoisotopic (exact) mass is 336 g/mol. The standard InChI is InChI=1S/C19H16N2O4/c1-11-2-7-16-14(8-11)15(19(23)24)9-17(21-16)12-3-5-13(6-4-12)25-10-18(20)22/h2-9H,10H2,1H3,(H2,20,22)(H,23,24). The van der Waals surface area contributed by atoms with Crippen LogP contribution in [0.1, 0.15) is 15.9 Å². The zero-order chi connectivity index (χ0) is 18.0. The lowest BCUT2D eigenvalue weighted by atomic mass is 10.0. The van der Waals surface area contributed by atoms with Crippen molar-refractivity contribution in [2.75, 3.05) is 6.61 Å². The lowest BCUT2D eigenvalue weighted by Crippen LogP contribution is -2.19. The van der Waals surface area contributed by atoms with Gasteiger partial charge in [0.15, 0.2) is 6.61 Å². The van der Waals surface area contributed by atoms with Crippen molar-refractivity contribution in [2.45, 2.75) is 6.92 Å². The predicted molar refractivity (Wildman–Crippen MR) is 93.6 cm³/mol. The van der Waals surface area contributed by atoms with Gasteiger partial charge in [-0.25, -0.2) is 9.78 Å². The van der Waals surface area contributed by atoms with E-state index in [1.165, 1.54) is 0 Å². The number of aryl methyl sites for hydroxylation is 1. The van der Waals surface area contributed by atoms with Crippen LogP contribution in [-0.2, 0) is 4.79 Å². The molecule has 6 heteroatoms. The molecule has 0 radical (unpaired) electrons. The first-order valence-corrected chi connectivity index (χ1v) is 7.60. The highest BCUT2D eigenvalue weighted by Gasteiger charge is 2.13. The van der Waals surface area contributed by atoms with Gasteiger partial charge in [-0.15, -0.1) is 0 Å². The molecule has 3 aromatic rings. The van der Waals surface area contributed by atoms with Crippen LogP contribution in [0.15, 0.2) is 48.5 Å². The minimum atomic E-state index is -0.999. The third-order valence-electron chi connectivity index (χ3n) is 3.73. The number of fused-ring (bicyclic) bond motifs is 1. The van der Waals surface area contributed by atoms with Gasteiger partial charge >= 0.3 is 5.97 Å². The van der Waals surface area contributed by atoms with E-state index in [2.05, 4.69) is 4.98 Å². The van der Waals surface area contributed by atoms with Crippen LogP contribution in [0.5, 0.6) is 5.75 Å². The summed E-state index contributed by atoms with van der Waals surface area (Å²) in [5, 5.41) is 10.1. The molecule has 6 nitrogen and oxygen atoms in total. The first kappa shape index (κ1) is 16.4. The van der Waals surface area contributed by atoms with Gasteiger partial charge in [-0.1, -0.05) is 11.6 Å². The fourth-order valence-electron chi connectivity index (χ4n) is 2.54. The second kappa shape index (κ2) is 6.60. The molecule has 126 valence electrons. The van der Waals surface area contributed by atoms with Crippen molar-refractivity contribution in [3.63, 3.8) is 0 Å². The Hall–Kier alpha value is -3.41. The number of carboxylic acid groups (broad SMARTS) is 1. The Morgan fingerprint density at radius 1 is 1.12 bits per heavy atom. The van der Waals surface area contributed by atoms with Crippen LogP contribution in [0.25, 0.3) is 22.2 Å².